The van der Waals surface area contributed by atoms with Crippen molar-refractivity contribution >= 4 is 11.9 Å². The van der Waals surface area contributed by atoms with E-state index in [1.54, 1.807) is 0 Å². The standard InChI is InChI=1S/C54H88N2O17/c1-26-42(71-46-41(66)37(62)29(58)25-68-46)39(64)40(65)44(69-26)54(45-43(72-54)38(63)36(30(24-57)70-45)56-35(61)12-10-9-11-21-55)73-47(67)53-20-19-48(2,3)22-28(53)27-13-14-32-50(6)17-16-33(59)49(4,5)31(50)15-18-51(32,7)52(27,8)23-34(53)60/h13,26,28-34,36-46,57-60,62-66H,9-12,14-25,55H2,1-8H3,(H,56,61)/t26-,28?,29?,30+,31+,32?,33+,34+,36?,37?,38?,39?,40?,41?,42?,43?,44-,45-,46+,50?,51+,52-,53?,54?/m1/s1. The van der Waals surface area contributed by atoms with Gasteiger partial charge in [-0.05, 0) is 129 Å². The third kappa shape index (κ3) is 8.62. The summed E-state index contributed by atoms with van der Waals surface area (Å²) >= 11 is 0. The van der Waals surface area contributed by atoms with Crippen LogP contribution in [0.5, 0.6) is 0 Å². The van der Waals surface area contributed by atoms with Gasteiger partial charge in [-0.25, -0.2) is 0 Å². The lowest BCUT2D eigenvalue weighted by Gasteiger charge is -2.71. The summed E-state index contributed by atoms with van der Waals surface area (Å²) < 4.78 is 37.7. The fraction of sp³-hybridized carbons (Fsp3) is 0.926. The van der Waals surface area contributed by atoms with Crippen LogP contribution >= 0.6 is 0 Å². The Balaban J connectivity index is 1.06. The lowest BCUT2D eigenvalue weighted by atomic mass is 9.33. The highest BCUT2D eigenvalue weighted by molar-refractivity contribution is 5.80. The Bertz CT molecular complexity index is 2080. The predicted molar refractivity (Wildman–Crippen MR) is 260 cm³/mol. The van der Waals surface area contributed by atoms with Gasteiger partial charge in [0.05, 0.1) is 37.6 Å². The summed E-state index contributed by atoms with van der Waals surface area (Å²) in [7, 11) is 0. The van der Waals surface area contributed by atoms with E-state index in [9.17, 15) is 50.8 Å². The first-order chi connectivity index (χ1) is 34.2. The number of aliphatic hydroxyl groups is 9. The number of nitrogens with one attached hydrogen (secondary N) is 1. The molecule has 0 bridgehead atoms. The summed E-state index contributed by atoms with van der Waals surface area (Å²) in [6.45, 7) is 16.7. The highest BCUT2D eigenvalue weighted by Gasteiger charge is 2.77. The molecule has 14 unspecified atom stereocenters. The van der Waals surface area contributed by atoms with Crippen LogP contribution < -0.4 is 11.1 Å². The number of carbonyl (C=O) groups excluding carboxylic acids is 2. The molecule has 19 nitrogen and oxygen atoms in total. The van der Waals surface area contributed by atoms with Crippen molar-refractivity contribution in [2.24, 2.45) is 56.0 Å². The maximum atomic E-state index is 16.0. The van der Waals surface area contributed by atoms with Crippen LogP contribution in [0, 0.1) is 50.2 Å². The Kier molecular flexibility index (Phi) is 15.1. The quantitative estimate of drug-likeness (QED) is 0.0744. The number of nitrogens with two attached hydrogens (primary N) is 1. The van der Waals surface area contributed by atoms with Gasteiger partial charge in [-0.1, -0.05) is 66.5 Å². The van der Waals surface area contributed by atoms with Gasteiger partial charge in [0, 0.05) is 6.42 Å². The number of hydrogen-bond acceptors (Lipinski definition) is 18. The van der Waals surface area contributed by atoms with Crippen molar-refractivity contribution in [3.05, 3.63) is 11.6 Å². The Morgan fingerprint density at radius 2 is 1.52 bits per heavy atom. The van der Waals surface area contributed by atoms with Gasteiger partial charge in [-0.2, -0.15) is 0 Å². The van der Waals surface area contributed by atoms with Crippen LogP contribution in [0.25, 0.3) is 0 Å². The van der Waals surface area contributed by atoms with Gasteiger partial charge in [-0.15, -0.1) is 0 Å². The minimum atomic E-state index is -2.43. The zero-order chi connectivity index (χ0) is 53.2. The van der Waals surface area contributed by atoms with Gasteiger partial charge < -0.3 is 85.4 Å². The predicted octanol–water partition coefficient (Wildman–Crippen LogP) is 1.22. The average Bonchev–Trinajstić information content (AvgIpc) is 3.32. The lowest BCUT2D eigenvalue weighted by molar-refractivity contribution is -0.472. The Labute approximate surface area is 429 Å². The summed E-state index contributed by atoms with van der Waals surface area (Å²) in [6, 6.07) is -1.16. The molecule has 416 valence electrons. The molecule has 19 heteroatoms. The molecule has 8 fully saturated rings. The number of carbonyl (C=O) groups is 2. The number of allylic oxidation sites excluding steroid dienone is 2. The van der Waals surface area contributed by atoms with Crippen LogP contribution in [0.3, 0.4) is 0 Å². The molecule has 4 saturated heterocycles. The van der Waals surface area contributed by atoms with E-state index in [0.29, 0.717) is 38.1 Å². The van der Waals surface area contributed by atoms with Crippen LogP contribution in [0.15, 0.2) is 11.6 Å². The van der Waals surface area contributed by atoms with E-state index in [-0.39, 0.29) is 52.9 Å². The first-order valence-electron chi connectivity index (χ1n) is 27.4. The van der Waals surface area contributed by atoms with Gasteiger partial charge in [-0.3, -0.25) is 9.59 Å². The first kappa shape index (κ1) is 55.8. The van der Waals surface area contributed by atoms with Gasteiger partial charge in [0.25, 0.3) is 5.79 Å². The monoisotopic (exact) mass is 1040 g/mol. The molecule has 4 saturated carbocycles. The van der Waals surface area contributed by atoms with E-state index in [1.165, 1.54) is 6.92 Å². The van der Waals surface area contributed by atoms with Crippen molar-refractivity contribution in [1.82, 2.24) is 5.32 Å². The molecule has 0 spiro atoms. The molecule has 4 aliphatic heterocycles. The fourth-order valence-electron chi connectivity index (χ4n) is 16.7. The zero-order valence-corrected chi connectivity index (χ0v) is 44.2. The second kappa shape index (κ2) is 19.8. The van der Waals surface area contributed by atoms with Crippen molar-refractivity contribution < 1.29 is 84.0 Å². The number of fused-ring (bicyclic) bond motifs is 8. The summed E-state index contributed by atoms with van der Waals surface area (Å²) in [5.74, 6) is -3.60. The molecule has 9 aliphatic rings. The average molecular weight is 1040 g/mol. The largest absolute Gasteiger partial charge is 0.426 e. The van der Waals surface area contributed by atoms with Gasteiger partial charge in [0.15, 0.2) is 18.5 Å². The van der Waals surface area contributed by atoms with Crippen LogP contribution in [-0.4, -0.2) is 181 Å². The van der Waals surface area contributed by atoms with E-state index in [2.05, 4.69) is 59.9 Å². The zero-order valence-electron chi connectivity index (χ0n) is 44.2. The van der Waals surface area contributed by atoms with E-state index < -0.39 is 139 Å². The van der Waals surface area contributed by atoms with Crippen LogP contribution in [0.2, 0.25) is 0 Å². The minimum absolute atomic E-state index is 0.0711. The molecule has 12 N–H and O–H groups in total. The Morgan fingerprint density at radius 1 is 0.795 bits per heavy atom. The summed E-state index contributed by atoms with van der Waals surface area (Å²) in [4.78, 5) is 29.2. The molecule has 73 heavy (non-hydrogen) atoms. The number of hydrogen-bond donors (Lipinski definition) is 11. The molecule has 5 aliphatic carbocycles. The maximum Gasteiger partial charge on any atom is 0.318 e. The van der Waals surface area contributed by atoms with Gasteiger partial charge >= 0.3 is 5.97 Å². The third-order valence-corrected chi connectivity index (χ3v) is 21.3. The first-order valence-corrected chi connectivity index (χ1v) is 27.4. The number of aliphatic hydroxyl groups excluding tert-OH is 9. The van der Waals surface area contributed by atoms with Crippen LogP contribution in [-0.2, 0) is 38.0 Å². The molecular formula is C54H88N2O17. The molecule has 9 rings (SSSR count). The molecule has 0 aromatic heterocycles. The molecular weight excluding hydrogens is 949 g/mol. The molecule has 4 heterocycles. The van der Waals surface area contributed by atoms with E-state index >= 15 is 4.79 Å². The summed E-state index contributed by atoms with van der Waals surface area (Å²) in [5, 5.41) is 105. The highest BCUT2D eigenvalue weighted by atomic mass is 16.8. The Hall–Kier alpha value is -1.92. The van der Waals surface area contributed by atoms with Crippen LogP contribution in [0.1, 0.15) is 139 Å². The van der Waals surface area contributed by atoms with E-state index in [0.717, 1.165) is 44.1 Å². The van der Waals surface area contributed by atoms with Crippen molar-refractivity contribution in [3.63, 3.8) is 0 Å². The van der Waals surface area contributed by atoms with Gasteiger partial charge in [0.1, 0.15) is 60.4 Å². The smallest absolute Gasteiger partial charge is 0.318 e. The second-order valence-corrected chi connectivity index (χ2v) is 26.1. The van der Waals surface area contributed by atoms with Crippen molar-refractivity contribution in [3.8, 4) is 0 Å². The van der Waals surface area contributed by atoms with Crippen LogP contribution in [0.4, 0.5) is 0 Å². The SMILES string of the molecule is C[C@H]1O[C@@H](C2(OC(=O)C34CCC(C)(C)CC3C3=CCC5C6(C)CC[C@H](O)C(C)(C)[C@@H]6CC[C@]5(C)[C@]3(C)C[C@@H]4O)OC3C(O)C(NC(=O)CCCCCN)[C@H](CO)O[C@H]32)C(O)C(O)C1O[C@@H]1OCC(O)C(O)C1O. The third-order valence-electron chi connectivity index (χ3n) is 21.3. The van der Waals surface area contributed by atoms with Crippen molar-refractivity contribution in [2.75, 3.05) is 19.8 Å². The van der Waals surface area contributed by atoms with Gasteiger partial charge in [0.2, 0.25) is 5.91 Å². The number of rotatable bonds is 12. The van der Waals surface area contributed by atoms with E-state index in [4.69, 9.17) is 34.2 Å². The summed E-state index contributed by atoms with van der Waals surface area (Å²) in [5.41, 5.74) is 3.84. The number of amides is 1. The van der Waals surface area contributed by atoms with Crippen molar-refractivity contribution in [2.45, 2.75) is 242 Å². The lowest BCUT2D eigenvalue weighted by Crippen LogP contribution is -2.84. The minimum Gasteiger partial charge on any atom is -0.426 e. The molecule has 0 aromatic carbocycles. The number of ether oxygens (including phenoxy) is 6. The van der Waals surface area contributed by atoms with Crippen molar-refractivity contribution in [1.29, 1.82) is 0 Å². The normalized spacial score (nSPS) is 51.9. The topological polar surface area (TPSA) is 310 Å². The summed E-state index contributed by atoms with van der Waals surface area (Å²) in [6.07, 6.45) is -11.4. The molecule has 1 amide bonds. The fourth-order valence-corrected chi connectivity index (χ4v) is 16.7. The highest BCUT2D eigenvalue weighted by Crippen LogP contribution is 2.76. The van der Waals surface area contributed by atoms with E-state index in [1.807, 2.05) is 0 Å². The maximum absolute atomic E-state index is 16.0. The number of unbranched alkanes of at least 4 members (excludes halogenated alkanes) is 2. The molecule has 0 radical (unpaired) electrons. The molecule has 24 atom stereocenters. The number of esters is 1. The molecule has 0 aromatic rings. The second-order valence-electron chi connectivity index (χ2n) is 26.1. The Morgan fingerprint density at radius 3 is 2.22 bits per heavy atom.